The fourth-order valence-corrected chi connectivity index (χ4v) is 3.15. The van der Waals surface area contributed by atoms with Crippen molar-refractivity contribution in [1.29, 1.82) is 0 Å². The van der Waals surface area contributed by atoms with Crippen molar-refractivity contribution < 1.29 is 0 Å². The standard InChI is InChI=1S/C16H24N4/c1-3-15(20-9-7-17-8-10-20)12-5-6-13-14(11-12)19-16(4-2)18-13/h5-6,11,15,17H,3-4,7-10H2,1-2H3,(H,18,19). The number of nitrogens with one attached hydrogen (secondary N) is 2. The Morgan fingerprint density at radius 1 is 1.25 bits per heavy atom. The van der Waals surface area contributed by atoms with E-state index in [0.29, 0.717) is 6.04 Å². The van der Waals surface area contributed by atoms with Crippen molar-refractivity contribution in [3.05, 3.63) is 29.6 Å². The fraction of sp³-hybridized carbons (Fsp3) is 0.562. The second-order valence-electron chi connectivity index (χ2n) is 5.52. The first kappa shape index (κ1) is 13.6. The molecule has 1 fully saturated rings. The van der Waals surface area contributed by atoms with Gasteiger partial charge in [0.15, 0.2) is 0 Å². The minimum atomic E-state index is 0.523. The number of hydrogen-bond donors (Lipinski definition) is 2. The molecule has 1 aromatic carbocycles. The van der Waals surface area contributed by atoms with Gasteiger partial charge in [-0.2, -0.15) is 0 Å². The number of hydrogen-bond acceptors (Lipinski definition) is 3. The summed E-state index contributed by atoms with van der Waals surface area (Å²) in [5, 5.41) is 3.43. The van der Waals surface area contributed by atoms with Crippen LogP contribution in [0.25, 0.3) is 11.0 Å². The topological polar surface area (TPSA) is 44.0 Å². The van der Waals surface area contributed by atoms with Crippen molar-refractivity contribution in [2.24, 2.45) is 0 Å². The molecule has 2 N–H and O–H groups in total. The highest BCUT2D eigenvalue weighted by Crippen LogP contribution is 2.27. The number of aryl methyl sites for hydroxylation is 1. The third-order valence-corrected chi connectivity index (χ3v) is 4.25. The van der Waals surface area contributed by atoms with Crippen LogP contribution in [0.15, 0.2) is 18.2 Å². The van der Waals surface area contributed by atoms with Crippen LogP contribution in [0.2, 0.25) is 0 Å². The van der Waals surface area contributed by atoms with Gasteiger partial charge in [0.1, 0.15) is 5.82 Å². The molecular formula is C16H24N4. The second-order valence-corrected chi connectivity index (χ2v) is 5.52. The minimum Gasteiger partial charge on any atom is -0.342 e. The lowest BCUT2D eigenvalue weighted by Gasteiger charge is -2.34. The van der Waals surface area contributed by atoms with Crippen molar-refractivity contribution in [1.82, 2.24) is 20.2 Å². The molecule has 108 valence electrons. The number of rotatable bonds is 4. The molecule has 0 spiro atoms. The van der Waals surface area contributed by atoms with Gasteiger partial charge in [0.25, 0.3) is 0 Å². The van der Waals surface area contributed by atoms with Crippen molar-refractivity contribution in [2.75, 3.05) is 26.2 Å². The van der Waals surface area contributed by atoms with E-state index in [4.69, 9.17) is 0 Å². The Balaban J connectivity index is 1.90. The van der Waals surface area contributed by atoms with Gasteiger partial charge in [0, 0.05) is 38.6 Å². The lowest BCUT2D eigenvalue weighted by molar-refractivity contribution is 0.169. The molecule has 0 radical (unpaired) electrons. The Hall–Kier alpha value is -1.39. The van der Waals surface area contributed by atoms with Gasteiger partial charge < -0.3 is 10.3 Å². The van der Waals surface area contributed by atoms with Crippen LogP contribution in [0.3, 0.4) is 0 Å². The van der Waals surface area contributed by atoms with Crippen LogP contribution in [-0.2, 0) is 6.42 Å². The molecule has 1 aliphatic rings. The van der Waals surface area contributed by atoms with Crippen LogP contribution in [-0.4, -0.2) is 41.0 Å². The summed E-state index contributed by atoms with van der Waals surface area (Å²) in [4.78, 5) is 10.6. The maximum Gasteiger partial charge on any atom is 0.106 e. The van der Waals surface area contributed by atoms with E-state index in [9.17, 15) is 0 Å². The molecule has 1 unspecified atom stereocenters. The highest BCUT2D eigenvalue weighted by atomic mass is 15.2. The summed E-state index contributed by atoms with van der Waals surface area (Å²) in [7, 11) is 0. The first-order valence-corrected chi connectivity index (χ1v) is 7.75. The third kappa shape index (κ3) is 2.58. The molecule has 1 atom stereocenters. The van der Waals surface area contributed by atoms with Gasteiger partial charge in [-0.15, -0.1) is 0 Å². The lowest BCUT2D eigenvalue weighted by atomic mass is 10.0. The molecule has 3 rings (SSSR count). The highest BCUT2D eigenvalue weighted by molar-refractivity contribution is 5.76. The highest BCUT2D eigenvalue weighted by Gasteiger charge is 2.20. The summed E-state index contributed by atoms with van der Waals surface area (Å²) in [5.41, 5.74) is 3.67. The van der Waals surface area contributed by atoms with Gasteiger partial charge in [-0.1, -0.05) is 19.9 Å². The Labute approximate surface area is 120 Å². The average molecular weight is 272 g/mol. The molecule has 20 heavy (non-hydrogen) atoms. The van der Waals surface area contributed by atoms with E-state index < -0.39 is 0 Å². The van der Waals surface area contributed by atoms with E-state index in [1.54, 1.807) is 0 Å². The van der Waals surface area contributed by atoms with Crippen molar-refractivity contribution in [3.8, 4) is 0 Å². The number of imidazole rings is 1. The molecule has 0 bridgehead atoms. The maximum absolute atomic E-state index is 4.59. The number of benzene rings is 1. The predicted molar refractivity (Wildman–Crippen MR) is 82.9 cm³/mol. The monoisotopic (exact) mass is 272 g/mol. The molecule has 1 saturated heterocycles. The van der Waals surface area contributed by atoms with Gasteiger partial charge >= 0.3 is 0 Å². The number of piperazine rings is 1. The normalized spacial score (nSPS) is 18.5. The molecule has 0 aliphatic carbocycles. The summed E-state index contributed by atoms with van der Waals surface area (Å²) in [6, 6.07) is 7.22. The summed E-state index contributed by atoms with van der Waals surface area (Å²) in [5.74, 6) is 1.08. The zero-order chi connectivity index (χ0) is 13.9. The van der Waals surface area contributed by atoms with Crippen LogP contribution in [0, 0.1) is 0 Å². The summed E-state index contributed by atoms with van der Waals surface area (Å²) in [6.45, 7) is 8.89. The van der Waals surface area contributed by atoms with Gasteiger partial charge in [-0.25, -0.2) is 4.98 Å². The summed E-state index contributed by atoms with van der Waals surface area (Å²) in [6.07, 6.45) is 2.11. The number of aromatic nitrogens is 2. The summed E-state index contributed by atoms with van der Waals surface area (Å²) >= 11 is 0. The van der Waals surface area contributed by atoms with E-state index >= 15 is 0 Å². The molecule has 4 nitrogen and oxygen atoms in total. The van der Waals surface area contributed by atoms with Crippen molar-refractivity contribution in [3.63, 3.8) is 0 Å². The Morgan fingerprint density at radius 3 is 2.75 bits per heavy atom. The molecular weight excluding hydrogens is 248 g/mol. The Bertz CT molecular complexity index is 569. The number of aromatic amines is 1. The number of nitrogens with zero attached hydrogens (tertiary/aromatic N) is 2. The van der Waals surface area contributed by atoms with Crippen molar-refractivity contribution >= 4 is 11.0 Å². The molecule has 4 heteroatoms. The van der Waals surface area contributed by atoms with E-state index in [1.807, 2.05) is 0 Å². The van der Waals surface area contributed by atoms with Crippen LogP contribution in [0.1, 0.15) is 37.7 Å². The smallest absolute Gasteiger partial charge is 0.106 e. The average Bonchev–Trinajstić information content (AvgIpc) is 2.91. The molecule has 0 amide bonds. The van der Waals surface area contributed by atoms with Gasteiger partial charge in [-0.3, -0.25) is 4.90 Å². The minimum absolute atomic E-state index is 0.523. The van der Waals surface area contributed by atoms with Gasteiger partial charge in [0.05, 0.1) is 11.0 Å². The third-order valence-electron chi connectivity index (χ3n) is 4.25. The van der Waals surface area contributed by atoms with Crippen LogP contribution in [0.5, 0.6) is 0 Å². The molecule has 1 aromatic heterocycles. The van der Waals surface area contributed by atoms with Crippen LogP contribution < -0.4 is 5.32 Å². The van der Waals surface area contributed by atoms with Gasteiger partial charge in [0.2, 0.25) is 0 Å². The van der Waals surface area contributed by atoms with Crippen LogP contribution in [0.4, 0.5) is 0 Å². The second kappa shape index (κ2) is 5.94. The van der Waals surface area contributed by atoms with Crippen molar-refractivity contribution in [2.45, 2.75) is 32.7 Å². The molecule has 1 aliphatic heterocycles. The Kier molecular flexibility index (Phi) is 4.03. The van der Waals surface area contributed by atoms with E-state index in [0.717, 1.165) is 50.4 Å². The van der Waals surface area contributed by atoms with Crippen LogP contribution >= 0.6 is 0 Å². The van der Waals surface area contributed by atoms with Gasteiger partial charge in [-0.05, 0) is 24.1 Å². The zero-order valence-electron chi connectivity index (χ0n) is 12.4. The van der Waals surface area contributed by atoms with E-state index in [2.05, 4.69) is 52.2 Å². The van der Waals surface area contributed by atoms with E-state index in [-0.39, 0.29) is 0 Å². The SMILES string of the molecule is CCc1nc2ccc(C(CC)N3CCNCC3)cc2[nH]1. The quantitative estimate of drug-likeness (QED) is 0.898. The predicted octanol–water partition coefficient (Wildman–Crippen LogP) is 2.48. The zero-order valence-corrected chi connectivity index (χ0v) is 12.4. The molecule has 0 saturated carbocycles. The Morgan fingerprint density at radius 2 is 2.05 bits per heavy atom. The first-order chi connectivity index (χ1) is 9.81. The number of fused-ring (bicyclic) bond motifs is 1. The lowest BCUT2D eigenvalue weighted by Crippen LogP contribution is -2.45. The largest absolute Gasteiger partial charge is 0.342 e. The first-order valence-electron chi connectivity index (χ1n) is 7.75. The number of H-pyrrole nitrogens is 1. The maximum atomic E-state index is 4.59. The fourth-order valence-electron chi connectivity index (χ4n) is 3.15. The molecule has 2 aromatic rings. The molecule has 2 heterocycles. The van der Waals surface area contributed by atoms with E-state index in [1.165, 1.54) is 11.1 Å². The summed E-state index contributed by atoms with van der Waals surface area (Å²) < 4.78 is 0.